The van der Waals surface area contributed by atoms with E-state index in [0.29, 0.717) is 9.99 Å². The fourth-order valence-corrected chi connectivity index (χ4v) is 2.26. The standard InChI is InChI=1S/C10H9IN2OS/c1-6-9(11)10(14)13-8(12-6)5-7-3-2-4-15-7/h2-4H,5H2,1H3,(H,12,13,14). The maximum absolute atomic E-state index is 11.5. The fourth-order valence-electron chi connectivity index (χ4n) is 1.29. The molecule has 3 nitrogen and oxygen atoms in total. The van der Waals surface area contributed by atoms with Crippen molar-refractivity contribution in [2.45, 2.75) is 13.3 Å². The maximum atomic E-state index is 11.5. The van der Waals surface area contributed by atoms with Gasteiger partial charge in [-0.1, -0.05) is 6.07 Å². The van der Waals surface area contributed by atoms with E-state index in [1.165, 1.54) is 4.88 Å². The van der Waals surface area contributed by atoms with Crippen LogP contribution in [0, 0.1) is 10.5 Å². The molecule has 0 radical (unpaired) electrons. The molecule has 1 N–H and O–H groups in total. The minimum Gasteiger partial charge on any atom is -0.309 e. The van der Waals surface area contributed by atoms with Crippen LogP contribution >= 0.6 is 33.9 Å². The zero-order valence-corrected chi connectivity index (χ0v) is 11.1. The Balaban J connectivity index is 2.34. The molecule has 0 spiro atoms. The summed E-state index contributed by atoms with van der Waals surface area (Å²) in [5.41, 5.74) is 0.751. The van der Waals surface area contributed by atoms with Gasteiger partial charge in [-0.25, -0.2) is 4.98 Å². The molecule has 0 aromatic carbocycles. The molecule has 78 valence electrons. The molecular formula is C10H9IN2OS. The summed E-state index contributed by atoms with van der Waals surface area (Å²) in [6.45, 7) is 1.86. The first-order valence-corrected chi connectivity index (χ1v) is 6.40. The molecule has 2 rings (SSSR count). The predicted octanol–water partition coefficient (Wildman–Crippen LogP) is 2.34. The molecule has 0 atom stereocenters. The molecule has 2 aromatic rings. The average Bonchev–Trinajstić information content (AvgIpc) is 2.66. The Kier molecular flexibility index (Phi) is 3.20. The Labute approximate surface area is 105 Å². The summed E-state index contributed by atoms with van der Waals surface area (Å²) in [6, 6.07) is 4.04. The second-order valence-electron chi connectivity index (χ2n) is 3.17. The van der Waals surface area contributed by atoms with Gasteiger partial charge in [0, 0.05) is 11.3 Å². The Morgan fingerprint density at radius 2 is 2.40 bits per heavy atom. The minimum absolute atomic E-state index is 0.0466. The lowest BCUT2D eigenvalue weighted by molar-refractivity contribution is 0.918. The number of rotatable bonds is 2. The minimum atomic E-state index is -0.0466. The Morgan fingerprint density at radius 1 is 1.60 bits per heavy atom. The maximum Gasteiger partial charge on any atom is 0.264 e. The Hall–Kier alpha value is -0.690. The second kappa shape index (κ2) is 4.44. The number of thiophene rings is 1. The quantitative estimate of drug-likeness (QED) is 0.858. The third-order valence-corrected chi connectivity index (χ3v) is 4.15. The molecule has 0 unspecified atom stereocenters. The molecule has 0 amide bonds. The molecule has 0 aliphatic carbocycles. The summed E-state index contributed by atoms with van der Waals surface area (Å²) in [7, 11) is 0. The molecule has 2 heterocycles. The first kappa shape index (κ1) is 10.8. The van der Waals surface area contributed by atoms with Crippen molar-refractivity contribution in [3.63, 3.8) is 0 Å². The Bertz CT molecular complexity index is 519. The molecule has 0 bridgehead atoms. The summed E-state index contributed by atoms with van der Waals surface area (Å²) >= 11 is 3.68. The van der Waals surface area contributed by atoms with Crippen LogP contribution in [0.15, 0.2) is 22.3 Å². The van der Waals surface area contributed by atoms with Crippen LogP contribution in [0.25, 0.3) is 0 Å². The first-order valence-electron chi connectivity index (χ1n) is 4.44. The highest BCUT2D eigenvalue weighted by Gasteiger charge is 2.05. The van der Waals surface area contributed by atoms with Gasteiger partial charge in [0.2, 0.25) is 0 Å². The van der Waals surface area contributed by atoms with E-state index in [-0.39, 0.29) is 5.56 Å². The van der Waals surface area contributed by atoms with Gasteiger partial charge in [0.25, 0.3) is 5.56 Å². The third kappa shape index (κ3) is 2.46. The van der Waals surface area contributed by atoms with Crippen LogP contribution in [0.4, 0.5) is 0 Å². The highest BCUT2D eigenvalue weighted by Crippen LogP contribution is 2.12. The van der Waals surface area contributed by atoms with Crippen molar-refractivity contribution in [3.05, 3.63) is 47.8 Å². The lowest BCUT2D eigenvalue weighted by atomic mass is 10.3. The summed E-state index contributed by atoms with van der Waals surface area (Å²) < 4.78 is 0.669. The molecule has 0 saturated carbocycles. The topological polar surface area (TPSA) is 45.8 Å². The van der Waals surface area contributed by atoms with Crippen LogP contribution in [0.2, 0.25) is 0 Å². The van der Waals surface area contributed by atoms with E-state index >= 15 is 0 Å². The summed E-state index contributed by atoms with van der Waals surface area (Å²) in [6.07, 6.45) is 0.699. The number of hydrogen-bond acceptors (Lipinski definition) is 3. The van der Waals surface area contributed by atoms with Crippen molar-refractivity contribution in [1.82, 2.24) is 9.97 Å². The number of aromatic nitrogens is 2. The average molecular weight is 332 g/mol. The summed E-state index contributed by atoms with van der Waals surface area (Å²) in [5.74, 6) is 0.736. The van der Waals surface area contributed by atoms with Gasteiger partial charge in [0.1, 0.15) is 5.82 Å². The van der Waals surface area contributed by atoms with Crippen LogP contribution in [-0.4, -0.2) is 9.97 Å². The van der Waals surface area contributed by atoms with Crippen molar-refractivity contribution < 1.29 is 0 Å². The molecule has 5 heteroatoms. The second-order valence-corrected chi connectivity index (χ2v) is 5.28. The summed E-state index contributed by atoms with van der Waals surface area (Å²) in [4.78, 5) is 19.8. The van der Waals surface area contributed by atoms with Crippen LogP contribution in [0.5, 0.6) is 0 Å². The van der Waals surface area contributed by atoms with Crippen molar-refractivity contribution >= 4 is 33.9 Å². The van der Waals surface area contributed by atoms with E-state index in [9.17, 15) is 4.79 Å². The predicted molar refractivity (Wildman–Crippen MR) is 69.4 cm³/mol. The zero-order valence-electron chi connectivity index (χ0n) is 8.08. The zero-order chi connectivity index (χ0) is 10.8. The fraction of sp³-hybridized carbons (Fsp3) is 0.200. The highest BCUT2D eigenvalue weighted by molar-refractivity contribution is 14.1. The summed E-state index contributed by atoms with van der Waals surface area (Å²) in [5, 5.41) is 2.02. The van der Waals surface area contributed by atoms with Gasteiger partial charge >= 0.3 is 0 Å². The van der Waals surface area contributed by atoms with E-state index < -0.39 is 0 Å². The van der Waals surface area contributed by atoms with Gasteiger partial charge in [-0.2, -0.15) is 0 Å². The van der Waals surface area contributed by atoms with Gasteiger partial charge in [-0.3, -0.25) is 4.79 Å². The van der Waals surface area contributed by atoms with Gasteiger partial charge in [-0.15, -0.1) is 11.3 Å². The monoisotopic (exact) mass is 332 g/mol. The molecular weight excluding hydrogens is 323 g/mol. The Morgan fingerprint density at radius 3 is 3.00 bits per heavy atom. The molecule has 0 saturated heterocycles. The number of hydrogen-bond donors (Lipinski definition) is 1. The molecule has 15 heavy (non-hydrogen) atoms. The number of aromatic amines is 1. The van der Waals surface area contributed by atoms with E-state index in [4.69, 9.17) is 0 Å². The van der Waals surface area contributed by atoms with Gasteiger partial charge < -0.3 is 4.98 Å². The molecule has 0 fully saturated rings. The third-order valence-electron chi connectivity index (χ3n) is 2.00. The number of halogens is 1. The van der Waals surface area contributed by atoms with Crippen LogP contribution in [0.3, 0.4) is 0 Å². The number of H-pyrrole nitrogens is 1. The number of aryl methyl sites for hydroxylation is 1. The number of nitrogens with zero attached hydrogens (tertiary/aromatic N) is 1. The van der Waals surface area contributed by atoms with Crippen LogP contribution in [0.1, 0.15) is 16.4 Å². The lowest BCUT2D eigenvalue weighted by Crippen LogP contribution is -2.16. The van der Waals surface area contributed by atoms with Gasteiger partial charge in [-0.05, 0) is 41.0 Å². The molecule has 2 aromatic heterocycles. The van der Waals surface area contributed by atoms with Crippen molar-refractivity contribution in [2.24, 2.45) is 0 Å². The normalized spacial score (nSPS) is 10.5. The van der Waals surface area contributed by atoms with Crippen molar-refractivity contribution in [3.8, 4) is 0 Å². The van der Waals surface area contributed by atoms with E-state index in [0.717, 1.165) is 11.5 Å². The van der Waals surface area contributed by atoms with Gasteiger partial charge in [0.05, 0.1) is 9.26 Å². The van der Waals surface area contributed by atoms with E-state index in [2.05, 4.69) is 9.97 Å². The van der Waals surface area contributed by atoms with Crippen molar-refractivity contribution in [2.75, 3.05) is 0 Å². The van der Waals surface area contributed by atoms with Crippen LogP contribution in [-0.2, 0) is 6.42 Å². The van der Waals surface area contributed by atoms with Crippen molar-refractivity contribution in [1.29, 1.82) is 0 Å². The van der Waals surface area contributed by atoms with E-state index in [1.807, 2.05) is 47.0 Å². The number of nitrogens with one attached hydrogen (secondary N) is 1. The van der Waals surface area contributed by atoms with Crippen LogP contribution < -0.4 is 5.56 Å². The SMILES string of the molecule is Cc1nc(Cc2cccs2)[nH]c(=O)c1I. The highest BCUT2D eigenvalue weighted by atomic mass is 127. The first-order chi connectivity index (χ1) is 7.16. The lowest BCUT2D eigenvalue weighted by Gasteiger charge is -2.01. The largest absolute Gasteiger partial charge is 0.309 e. The van der Waals surface area contributed by atoms with Gasteiger partial charge in [0.15, 0.2) is 0 Å². The van der Waals surface area contributed by atoms with E-state index in [1.54, 1.807) is 11.3 Å². The molecule has 0 aliphatic rings. The molecule has 0 aliphatic heterocycles. The smallest absolute Gasteiger partial charge is 0.264 e.